The number of nitrogens with zero attached hydrogens (tertiary/aromatic N) is 1. The lowest BCUT2D eigenvalue weighted by Crippen LogP contribution is -2.33. The van der Waals surface area contributed by atoms with Crippen LogP contribution in [0.2, 0.25) is 0 Å². The van der Waals surface area contributed by atoms with E-state index in [0.717, 1.165) is 18.2 Å². The molecular weight excluding hydrogens is 328 g/mol. The van der Waals surface area contributed by atoms with Gasteiger partial charge in [-0.05, 0) is 61.2 Å². The first-order chi connectivity index (χ1) is 12.7. The van der Waals surface area contributed by atoms with E-state index in [1.54, 1.807) is 18.2 Å². The third-order valence-corrected chi connectivity index (χ3v) is 4.99. The first-order valence-corrected chi connectivity index (χ1v) is 9.20. The molecule has 0 bridgehead atoms. The molecule has 1 fully saturated rings. The van der Waals surface area contributed by atoms with Crippen molar-refractivity contribution >= 4 is 11.6 Å². The van der Waals surface area contributed by atoms with Crippen LogP contribution >= 0.6 is 0 Å². The molecule has 26 heavy (non-hydrogen) atoms. The van der Waals surface area contributed by atoms with Gasteiger partial charge in [-0.15, -0.1) is 0 Å². The molecule has 0 aliphatic carbocycles. The second-order valence-corrected chi connectivity index (χ2v) is 7.20. The van der Waals surface area contributed by atoms with Crippen molar-refractivity contribution in [2.75, 3.05) is 25.2 Å². The number of amides is 1. The van der Waals surface area contributed by atoms with Crippen LogP contribution in [0.25, 0.3) is 0 Å². The molecule has 4 rings (SSSR count). The van der Waals surface area contributed by atoms with Crippen molar-refractivity contribution in [3.63, 3.8) is 0 Å². The van der Waals surface area contributed by atoms with Gasteiger partial charge < -0.3 is 14.8 Å². The maximum atomic E-state index is 12.4. The van der Waals surface area contributed by atoms with Gasteiger partial charge in [0.05, 0.1) is 0 Å². The molecule has 2 aromatic rings. The molecule has 5 nitrogen and oxygen atoms in total. The molecular formula is C21H24N2O3. The van der Waals surface area contributed by atoms with Crippen LogP contribution in [-0.4, -0.2) is 30.7 Å². The molecule has 2 aromatic carbocycles. The third-order valence-electron chi connectivity index (χ3n) is 4.99. The van der Waals surface area contributed by atoms with Crippen molar-refractivity contribution in [2.45, 2.75) is 26.3 Å². The summed E-state index contributed by atoms with van der Waals surface area (Å²) in [6.45, 7) is 5.84. The number of anilines is 1. The zero-order valence-electron chi connectivity index (χ0n) is 15.0. The topological polar surface area (TPSA) is 50.8 Å². The predicted octanol–water partition coefficient (Wildman–Crippen LogP) is 3.90. The van der Waals surface area contributed by atoms with E-state index in [0.29, 0.717) is 17.1 Å². The van der Waals surface area contributed by atoms with Crippen LogP contribution in [0.1, 0.15) is 35.7 Å². The quantitative estimate of drug-likeness (QED) is 0.907. The average molecular weight is 352 g/mol. The number of piperidine rings is 1. The second kappa shape index (κ2) is 7.38. The Morgan fingerprint density at radius 2 is 1.96 bits per heavy atom. The van der Waals surface area contributed by atoms with Gasteiger partial charge in [0.25, 0.3) is 5.91 Å². The van der Waals surface area contributed by atoms with Crippen molar-refractivity contribution in [1.82, 2.24) is 4.90 Å². The zero-order chi connectivity index (χ0) is 17.9. The van der Waals surface area contributed by atoms with Crippen LogP contribution in [-0.2, 0) is 6.54 Å². The molecule has 2 aliphatic rings. The minimum absolute atomic E-state index is 0.152. The Morgan fingerprint density at radius 1 is 1.15 bits per heavy atom. The standard InChI is InChI=1S/C21H24N2O3/c1-15-3-2-10-23(12-15)13-16-4-7-18(8-5-16)22-21(24)17-6-9-19-20(11-17)26-14-25-19/h4-9,11,15H,2-3,10,12-14H2,1H3,(H,22,24). The summed E-state index contributed by atoms with van der Waals surface area (Å²) in [4.78, 5) is 14.9. The number of likely N-dealkylation sites (tertiary alicyclic amines) is 1. The van der Waals surface area contributed by atoms with Gasteiger partial charge in [-0.3, -0.25) is 9.69 Å². The van der Waals surface area contributed by atoms with E-state index in [-0.39, 0.29) is 12.7 Å². The van der Waals surface area contributed by atoms with Gasteiger partial charge in [-0.25, -0.2) is 0 Å². The van der Waals surface area contributed by atoms with Crippen molar-refractivity contribution in [2.24, 2.45) is 5.92 Å². The summed E-state index contributed by atoms with van der Waals surface area (Å²) in [5.74, 6) is 1.92. The molecule has 1 saturated heterocycles. The maximum Gasteiger partial charge on any atom is 0.255 e. The van der Waals surface area contributed by atoms with Crippen LogP contribution in [0.4, 0.5) is 5.69 Å². The summed E-state index contributed by atoms with van der Waals surface area (Å²) in [6.07, 6.45) is 2.62. The van der Waals surface area contributed by atoms with Crippen LogP contribution in [0.3, 0.4) is 0 Å². The average Bonchev–Trinajstić information content (AvgIpc) is 3.11. The fourth-order valence-corrected chi connectivity index (χ4v) is 3.62. The van der Waals surface area contributed by atoms with Gasteiger partial charge in [0, 0.05) is 24.3 Å². The molecule has 2 heterocycles. The Labute approximate surface area is 153 Å². The number of nitrogens with one attached hydrogen (secondary N) is 1. The lowest BCUT2D eigenvalue weighted by Gasteiger charge is -2.30. The Bertz CT molecular complexity index is 788. The molecule has 0 spiro atoms. The SMILES string of the molecule is CC1CCCN(Cc2ccc(NC(=O)c3ccc4c(c3)OCO4)cc2)C1. The summed E-state index contributed by atoms with van der Waals surface area (Å²) in [5.41, 5.74) is 2.63. The largest absolute Gasteiger partial charge is 0.454 e. The number of carbonyl (C=O) groups is 1. The summed E-state index contributed by atoms with van der Waals surface area (Å²) in [6, 6.07) is 13.3. The van der Waals surface area contributed by atoms with Crippen molar-refractivity contribution in [3.05, 3.63) is 53.6 Å². The number of hydrogen-bond donors (Lipinski definition) is 1. The fourth-order valence-electron chi connectivity index (χ4n) is 3.62. The molecule has 1 N–H and O–H groups in total. The van der Waals surface area contributed by atoms with Crippen LogP contribution in [0.15, 0.2) is 42.5 Å². The van der Waals surface area contributed by atoms with E-state index in [2.05, 4.69) is 29.3 Å². The highest BCUT2D eigenvalue weighted by Crippen LogP contribution is 2.32. The van der Waals surface area contributed by atoms with E-state index in [4.69, 9.17) is 9.47 Å². The first kappa shape index (κ1) is 16.9. The molecule has 1 unspecified atom stereocenters. The highest BCUT2D eigenvalue weighted by Gasteiger charge is 2.17. The number of ether oxygens (including phenoxy) is 2. The first-order valence-electron chi connectivity index (χ1n) is 9.20. The van der Waals surface area contributed by atoms with Gasteiger partial charge in [-0.1, -0.05) is 19.1 Å². The van der Waals surface area contributed by atoms with Crippen LogP contribution < -0.4 is 14.8 Å². The zero-order valence-corrected chi connectivity index (χ0v) is 15.0. The summed E-state index contributed by atoms with van der Waals surface area (Å²) >= 11 is 0. The van der Waals surface area contributed by atoms with Crippen molar-refractivity contribution < 1.29 is 14.3 Å². The van der Waals surface area contributed by atoms with E-state index < -0.39 is 0 Å². The Balaban J connectivity index is 1.37. The van der Waals surface area contributed by atoms with Gasteiger partial charge in [0.2, 0.25) is 6.79 Å². The van der Waals surface area contributed by atoms with Crippen molar-refractivity contribution in [1.29, 1.82) is 0 Å². The molecule has 2 aliphatic heterocycles. The summed E-state index contributed by atoms with van der Waals surface area (Å²) in [5, 5.41) is 2.94. The Morgan fingerprint density at radius 3 is 2.77 bits per heavy atom. The van der Waals surface area contributed by atoms with Crippen LogP contribution in [0, 0.1) is 5.92 Å². The number of hydrogen-bond acceptors (Lipinski definition) is 4. The Hall–Kier alpha value is -2.53. The molecule has 1 atom stereocenters. The number of fused-ring (bicyclic) bond motifs is 1. The van der Waals surface area contributed by atoms with Gasteiger partial charge in [-0.2, -0.15) is 0 Å². The minimum atomic E-state index is -0.152. The number of benzene rings is 2. The molecule has 0 saturated carbocycles. The number of rotatable bonds is 4. The molecule has 1 amide bonds. The third kappa shape index (κ3) is 3.83. The normalized spacial score (nSPS) is 19.3. The maximum absolute atomic E-state index is 12.4. The number of carbonyl (C=O) groups excluding carboxylic acids is 1. The van der Waals surface area contributed by atoms with Crippen molar-refractivity contribution in [3.8, 4) is 11.5 Å². The van der Waals surface area contributed by atoms with Crippen LogP contribution in [0.5, 0.6) is 11.5 Å². The highest BCUT2D eigenvalue weighted by atomic mass is 16.7. The monoisotopic (exact) mass is 352 g/mol. The van der Waals surface area contributed by atoms with Gasteiger partial charge >= 0.3 is 0 Å². The van der Waals surface area contributed by atoms with Gasteiger partial charge in [0.1, 0.15) is 0 Å². The van der Waals surface area contributed by atoms with Gasteiger partial charge in [0.15, 0.2) is 11.5 Å². The minimum Gasteiger partial charge on any atom is -0.454 e. The smallest absolute Gasteiger partial charge is 0.255 e. The van der Waals surface area contributed by atoms with E-state index >= 15 is 0 Å². The molecule has 0 radical (unpaired) electrons. The fraction of sp³-hybridized carbons (Fsp3) is 0.381. The predicted molar refractivity (Wildman–Crippen MR) is 101 cm³/mol. The molecule has 136 valence electrons. The summed E-state index contributed by atoms with van der Waals surface area (Å²) < 4.78 is 10.6. The van der Waals surface area contributed by atoms with E-state index in [9.17, 15) is 4.79 Å². The lowest BCUT2D eigenvalue weighted by molar-refractivity contribution is 0.102. The molecule has 0 aromatic heterocycles. The van der Waals surface area contributed by atoms with E-state index in [1.807, 2.05) is 12.1 Å². The lowest BCUT2D eigenvalue weighted by atomic mass is 10.00. The summed E-state index contributed by atoms with van der Waals surface area (Å²) in [7, 11) is 0. The second-order valence-electron chi connectivity index (χ2n) is 7.20. The molecule has 5 heteroatoms. The Kier molecular flexibility index (Phi) is 4.80. The van der Waals surface area contributed by atoms with E-state index in [1.165, 1.54) is 31.5 Å². The highest BCUT2D eigenvalue weighted by molar-refractivity contribution is 6.04.